The molecule has 0 amide bonds. The average molecular weight is 254 g/mol. The fraction of sp³-hybridized carbons (Fsp3) is 0.500. The molecule has 1 N–H and O–H groups in total. The van der Waals surface area contributed by atoms with E-state index in [-0.39, 0.29) is 18.2 Å². The number of carboxylic acid groups (broad SMARTS) is 1. The van der Waals surface area contributed by atoms with Gasteiger partial charge in [-0.05, 0) is 37.0 Å². The van der Waals surface area contributed by atoms with Gasteiger partial charge in [0.2, 0.25) is 0 Å². The summed E-state index contributed by atoms with van der Waals surface area (Å²) in [6.45, 7) is 4.42. The van der Waals surface area contributed by atoms with E-state index in [1.165, 1.54) is 12.1 Å². The van der Waals surface area contributed by atoms with Crippen LogP contribution in [-0.4, -0.2) is 17.7 Å². The number of hydrogen-bond donors (Lipinski definition) is 1. The number of carbonyl (C=O) groups is 1. The van der Waals surface area contributed by atoms with Gasteiger partial charge < -0.3 is 9.84 Å². The lowest BCUT2D eigenvalue weighted by Crippen LogP contribution is -2.08. The molecule has 0 saturated carbocycles. The third kappa shape index (κ3) is 4.02. The Bertz CT molecular complexity index is 404. The fourth-order valence-corrected chi connectivity index (χ4v) is 1.87. The summed E-state index contributed by atoms with van der Waals surface area (Å²) in [5.41, 5.74) is 0.647. The van der Waals surface area contributed by atoms with Crippen LogP contribution in [0.5, 0.6) is 5.75 Å². The Kier molecular flexibility index (Phi) is 5.62. The topological polar surface area (TPSA) is 46.5 Å². The molecule has 4 heteroatoms. The van der Waals surface area contributed by atoms with Gasteiger partial charge >= 0.3 is 5.97 Å². The first-order chi connectivity index (χ1) is 8.58. The summed E-state index contributed by atoms with van der Waals surface area (Å²) in [5, 5.41) is 8.88. The Labute approximate surface area is 107 Å². The second-order valence-corrected chi connectivity index (χ2v) is 4.23. The molecule has 18 heavy (non-hydrogen) atoms. The molecule has 0 heterocycles. The van der Waals surface area contributed by atoms with Crippen LogP contribution in [0.4, 0.5) is 4.39 Å². The number of carboxylic acids is 1. The van der Waals surface area contributed by atoms with Gasteiger partial charge in [-0.1, -0.05) is 13.8 Å². The Balaban J connectivity index is 3.01. The first kappa shape index (κ1) is 14.5. The number of rotatable bonds is 7. The van der Waals surface area contributed by atoms with Gasteiger partial charge in [0, 0.05) is 5.56 Å². The summed E-state index contributed by atoms with van der Waals surface area (Å²) in [6, 6.07) is 4.29. The van der Waals surface area contributed by atoms with Gasteiger partial charge in [0.05, 0.1) is 13.0 Å². The van der Waals surface area contributed by atoms with Gasteiger partial charge in [0.1, 0.15) is 11.6 Å². The molecule has 1 aromatic carbocycles. The van der Waals surface area contributed by atoms with E-state index in [4.69, 9.17) is 9.84 Å². The Morgan fingerprint density at radius 2 is 2.17 bits per heavy atom. The van der Waals surface area contributed by atoms with Crippen LogP contribution >= 0.6 is 0 Å². The minimum Gasteiger partial charge on any atom is -0.493 e. The van der Waals surface area contributed by atoms with Crippen molar-refractivity contribution in [1.29, 1.82) is 0 Å². The van der Waals surface area contributed by atoms with E-state index in [2.05, 4.69) is 0 Å². The highest BCUT2D eigenvalue weighted by molar-refractivity contribution is 5.68. The quantitative estimate of drug-likeness (QED) is 0.809. The molecule has 0 radical (unpaired) electrons. The van der Waals surface area contributed by atoms with Gasteiger partial charge in [-0.25, -0.2) is 4.39 Å². The van der Waals surface area contributed by atoms with E-state index < -0.39 is 5.97 Å². The monoisotopic (exact) mass is 254 g/mol. The maximum Gasteiger partial charge on any atom is 0.303 e. The molecule has 100 valence electrons. The number of aliphatic carboxylic acids is 1. The number of hydrogen-bond acceptors (Lipinski definition) is 2. The van der Waals surface area contributed by atoms with E-state index in [1.54, 1.807) is 6.07 Å². The SMILES string of the molecule is CCCOc1ccc(F)cc1C(CC)CC(=O)O. The first-order valence-electron chi connectivity index (χ1n) is 6.22. The van der Waals surface area contributed by atoms with Gasteiger partial charge in [-0.15, -0.1) is 0 Å². The average Bonchev–Trinajstić information content (AvgIpc) is 2.34. The lowest BCUT2D eigenvalue weighted by molar-refractivity contribution is -0.137. The molecule has 0 saturated heterocycles. The molecule has 0 spiro atoms. The largest absolute Gasteiger partial charge is 0.493 e. The summed E-state index contributed by atoms with van der Waals surface area (Å²) >= 11 is 0. The zero-order chi connectivity index (χ0) is 13.5. The van der Waals surface area contributed by atoms with Gasteiger partial charge in [0.15, 0.2) is 0 Å². The molecule has 3 nitrogen and oxygen atoms in total. The van der Waals surface area contributed by atoms with Crippen molar-refractivity contribution in [1.82, 2.24) is 0 Å². The van der Waals surface area contributed by atoms with Crippen LogP contribution < -0.4 is 4.74 Å². The van der Waals surface area contributed by atoms with Crippen LogP contribution in [0.15, 0.2) is 18.2 Å². The third-order valence-electron chi connectivity index (χ3n) is 2.79. The van der Waals surface area contributed by atoms with Gasteiger partial charge in [-0.3, -0.25) is 4.79 Å². The molecule has 1 atom stereocenters. The number of ether oxygens (including phenoxy) is 1. The van der Waals surface area contributed by atoms with Crippen molar-refractivity contribution in [3.8, 4) is 5.75 Å². The zero-order valence-corrected chi connectivity index (χ0v) is 10.8. The van der Waals surface area contributed by atoms with Crippen molar-refractivity contribution in [2.75, 3.05) is 6.61 Å². The van der Waals surface area contributed by atoms with Crippen molar-refractivity contribution in [2.45, 2.75) is 39.0 Å². The standard InChI is InChI=1S/C14H19FO3/c1-3-7-18-13-6-5-11(15)9-12(13)10(4-2)8-14(16)17/h5-6,9-10H,3-4,7-8H2,1-2H3,(H,16,17). The van der Waals surface area contributed by atoms with Crippen LogP contribution in [-0.2, 0) is 4.79 Å². The van der Waals surface area contributed by atoms with E-state index in [0.29, 0.717) is 24.3 Å². The Morgan fingerprint density at radius 1 is 1.44 bits per heavy atom. The summed E-state index contributed by atoms with van der Waals surface area (Å²) in [7, 11) is 0. The Hall–Kier alpha value is -1.58. The number of halogens is 1. The minimum absolute atomic E-state index is 0.0115. The predicted molar refractivity (Wildman–Crippen MR) is 67.5 cm³/mol. The molecule has 0 aliphatic carbocycles. The summed E-state index contributed by atoms with van der Waals surface area (Å²) in [5.74, 6) is -0.873. The second-order valence-electron chi connectivity index (χ2n) is 4.23. The van der Waals surface area contributed by atoms with Crippen molar-refractivity contribution in [3.63, 3.8) is 0 Å². The molecule has 1 rings (SSSR count). The third-order valence-corrected chi connectivity index (χ3v) is 2.79. The molecular formula is C14H19FO3. The highest BCUT2D eigenvalue weighted by Crippen LogP contribution is 2.32. The zero-order valence-electron chi connectivity index (χ0n) is 10.8. The lowest BCUT2D eigenvalue weighted by Gasteiger charge is -2.17. The first-order valence-corrected chi connectivity index (χ1v) is 6.22. The maximum atomic E-state index is 13.3. The van der Waals surface area contributed by atoms with Crippen molar-refractivity contribution >= 4 is 5.97 Å². The molecule has 0 aliphatic rings. The van der Waals surface area contributed by atoms with Crippen molar-refractivity contribution in [3.05, 3.63) is 29.6 Å². The molecule has 0 bridgehead atoms. The number of benzene rings is 1. The van der Waals surface area contributed by atoms with Gasteiger partial charge in [-0.2, -0.15) is 0 Å². The molecule has 0 fully saturated rings. The van der Waals surface area contributed by atoms with Crippen LogP contribution in [0.1, 0.15) is 44.6 Å². The summed E-state index contributed by atoms with van der Waals surface area (Å²) in [4.78, 5) is 10.8. The van der Waals surface area contributed by atoms with Crippen molar-refractivity contribution in [2.24, 2.45) is 0 Å². The maximum absolute atomic E-state index is 13.3. The minimum atomic E-state index is -0.882. The van der Waals surface area contributed by atoms with Crippen LogP contribution in [0.2, 0.25) is 0 Å². The fourth-order valence-electron chi connectivity index (χ4n) is 1.87. The van der Waals surface area contributed by atoms with Crippen LogP contribution in [0, 0.1) is 5.82 Å². The van der Waals surface area contributed by atoms with Gasteiger partial charge in [0.25, 0.3) is 0 Å². The smallest absolute Gasteiger partial charge is 0.303 e. The van der Waals surface area contributed by atoms with E-state index in [0.717, 1.165) is 6.42 Å². The van der Waals surface area contributed by atoms with E-state index in [9.17, 15) is 9.18 Å². The van der Waals surface area contributed by atoms with E-state index >= 15 is 0 Å². The molecule has 0 aromatic heterocycles. The van der Waals surface area contributed by atoms with Crippen molar-refractivity contribution < 1.29 is 19.0 Å². The normalized spacial score (nSPS) is 12.2. The summed E-state index contributed by atoms with van der Waals surface area (Å²) < 4.78 is 18.8. The predicted octanol–water partition coefficient (Wildman–Crippen LogP) is 3.58. The molecule has 0 aliphatic heterocycles. The highest BCUT2D eigenvalue weighted by Gasteiger charge is 2.18. The Morgan fingerprint density at radius 3 is 2.72 bits per heavy atom. The van der Waals surface area contributed by atoms with Crippen LogP contribution in [0.3, 0.4) is 0 Å². The lowest BCUT2D eigenvalue weighted by atomic mass is 9.92. The summed E-state index contributed by atoms with van der Waals surface area (Å²) in [6.07, 6.45) is 1.48. The highest BCUT2D eigenvalue weighted by atomic mass is 19.1. The molecule has 1 aromatic rings. The molecular weight excluding hydrogens is 235 g/mol. The molecule has 1 unspecified atom stereocenters. The van der Waals surface area contributed by atoms with E-state index in [1.807, 2.05) is 13.8 Å². The second kappa shape index (κ2) is 6.99. The van der Waals surface area contributed by atoms with Crippen LogP contribution in [0.25, 0.3) is 0 Å².